The Bertz CT molecular complexity index is 680. The first-order chi connectivity index (χ1) is 12.0. The number of hydrogen-bond acceptors (Lipinski definition) is 4. The van der Waals surface area contributed by atoms with Crippen LogP contribution in [0.25, 0.3) is 0 Å². The fraction of sp³-hybridized carbons (Fsp3) is 0.556. The van der Waals surface area contributed by atoms with E-state index in [1.165, 1.54) is 27.0 Å². The lowest BCUT2D eigenvalue weighted by molar-refractivity contribution is -0.114. The van der Waals surface area contributed by atoms with Crippen LogP contribution >= 0.6 is 11.6 Å². The largest absolute Gasteiger partial charge is 0.496 e. The van der Waals surface area contributed by atoms with Crippen molar-refractivity contribution in [2.45, 2.75) is 32.2 Å². The number of ether oxygens (including phenoxy) is 1. The minimum absolute atomic E-state index is 0.183. The zero-order valence-corrected chi connectivity index (χ0v) is 15.4. The van der Waals surface area contributed by atoms with Crippen LogP contribution in [-0.4, -0.2) is 49.5 Å². The highest BCUT2D eigenvalue weighted by Crippen LogP contribution is 2.32. The summed E-state index contributed by atoms with van der Waals surface area (Å²) in [5.41, 5.74) is 0.822. The van der Waals surface area contributed by atoms with Crippen LogP contribution in [0, 0.1) is 5.92 Å². The quantitative estimate of drug-likeness (QED) is 0.860. The molecule has 2 amide bonds. The van der Waals surface area contributed by atoms with Crippen LogP contribution in [0.3, 0.4) is 0 Å². The molecule has 7 heteroatoms. The van der Waals surface area contributed by atoms with Crippen molar-refractivity contribution in [3.63, 3.8) is 0 Å². The van der Waals surface area contributed by atoms with E-state index < -0.39 is 0 Å². The highest BCUT2D eigenvalue weighted by molar-refractivity contribution is 6.34. The lowest BCUT2D eigenvalue weighted by Crippen LogP contribution is -2.53. The van der Waals surface area contributed by atoms with E-state index in [0.29, 0.717) is 27.9 Å². The summed E-state index contributed by atoms with van der Waals surface area (Å²) >= 11 is 6.22. The summed E-state index contributed by atoms with van der Waals surface area (Å²) in [6.45, 7) is 4.66. The van der Waals surface area contributed by atoms with Gasteiger partial charge >= 0.3 is 0 Å². The molecule has 2 aliphatic heterocycles. The van der Waals surface area contributed by atoms with Gasteiger partial charge in [-0.05, 0) is 37.8 Å². The summed E-state index contributed by atoms with van der Waals surface area (Å²) in [6, 6.07) is 3.32. The lowest BCUT2D eigenvalue weighted by Gasteiger charge is -2.42. The zero-order chi connectivity index (χ0) is 18.0. The highest BCUT2D eigenvalue weighted by atomic mass is 35.5. The number of halogens is 1. The topological polar surface area (TPSA) is 70.7 Å². The summed E-state index contributed by atoms with van der Waals surface area (Å²) in [7, 11) is 1.50. The number of hydrogen-bond donors (Lipinski definition) is 2. The van der Waals surface area contributed by atoms with Gasteiger partial charge in [-0.15, -0.1) is 0 Å². The fourth-order valence-corrected chi connectivity index (χ4v) is 4.01. The Kier molecular flexibility index (Phi) is 5.49. The molecule has 6 nitrogen and oxygen atoms in total. The number of benzene rings is 1. The predicted octanol–water partition coefficient (Wildman–Crippen LogP) is 2.52. The third-order valence-corrected chi connectivity index (χ3v) is 5.34. The number of amides is 2. The van der Waals surface area contributed by atoms with Gasteiger partial charge in [0, 0.05) is 32.1 Å². The second kappa shape index (κ2) is 7.62. The second-order valence-electron chi connectivity index (χ2n) is 6.79. The molecule has 2 aliphatic rings. The van der Waals surface area contributed by atoms with Crippen molar-refractivity contribution in [3.05, 3.63) is 22.7 Å². The summed E-state index contributed by atoms with van der Waals surface area (Å²) < 4.78 is 5.34. The van der Waals surface area contributed by atoms with E-state index in [9.17, 15) is 9.59 Å². The van der Waals surface area contributed by atoms with Gasteiger partial charge in [-0.1, -0.05) is 11.6 Å². The van der Waals surface area contributed by atoms with E-state index in [1.807, 2.05) is 0 Å². The number of rotatable bonds is 4. The Morgan fingerprint density at radius 2 is 2.08 bits per heavy atom. The average molecular weight is 366 g/mol. The third kappa shape index (κ3) is 4.07. The number of piperidine rings is 2. The minimum Gasteiger partial charge on any atom is -0.496 e. The maximum absolute atomic E-state index is 12.8. The van der Waals surface area contributed by atoms with Crippen molar-refractivity contribution >= 4 is 29.1 Å². The van der Waals surface area contributed by atoms with Crippen LogP contribution < -0.4 is 15.4 Å². The average Bonchev–Trinajstić information content (AvgIpc) is 2.58. The van der Waals surface area contributed by atoms with Crippen molar-refractivity contribution in [1.29, 1.82) is 0 Å². The minimum atomic E-state index is -0.231. The normalized spacial score (nSPS) is 25.2. The molecule has 136 valence electrons. The van der Waals surface area contributed by atoms with Crippen LogP contribution in [0.5, 0.6) is 5.75 Å². The molecule has 25 heavy (non-hydrogen) atoms. The van der Waals surface area contributed by atoms with Crippen LogP contribution in [0.15, 0.2) is 12.1 Å². The maximum Gasteiger partial charge on any atom is 0.255 e. The molecule has 2 bridgehead atoms. The summed E-state index contributed by atoms with van der Waals surface area (Å²) in [5.74, 6) is 0.487. The SMILES string of the molecule is COc1cc(NC(C)=O)c(Cl)cc1C(=O)N[C@H]1CCN2CCC[C@@H]1C2. The Balaban J connectivity index is 1.77. The smallest absolute Gasteiger partial charge is 0.255 e. The number of methoxy groups -OCH3 is 1. The van der Waals surface area contributed by atoms with E-state index in [-0.39, 0.29) is 17.9 Å². The molecule has 0 radical (unpaired) electrons. The third-order valence-electron chi connectivity index (χ3n) is 5.03. The van der Waals surface area contributed by atoms with Gasteiger partial charge in [0.1, 0.15) is 5.75 Å². The van der Waals surface area contributed by atoms with Crippen molar-refractivity contribution in [1.82, 2.24) is 10.2 Å². The first kappa shape index (κ1) is 18.0. The zero-order valence-electron chi connectivity index (χ0n) is 14.6. The van der Waals surface area contributed by atoms with Gasteiger partial charge < -0.3 is 20.3 Å². The first-order valence-electron chi connectivity index (χ1n) is 8.66. The molecule has 0 saturated carbocycles. The summed E-state index contributed by atoms with van der Waals surface area (Å²) in [5, 5.41) is 6.11. The Labute approximate surface area is 152 Å². The van der Waals surface area contributed by atoms with Gasteiger partial charge in [0.25, 0.3) is 5.91 Å². The Hall–Kier alpha value is -1.79. The lowest BCUT2D eigenvalue weighted by atomic mass is 9.85. The Morgan fingerprint density at radius 3 is 2.80 bits per heavy atom. The number of carbonyl (C=O) groups is 2. The maximum atomic E-state index is 12.8. The van der Waals surface area contributed by atoms with E-state index in [2.05, 4.69) is 15.5 Å². The molecular weight excluding hydrogens is 342 g/mol. The van der Waals surface area contributed by atoms with Gasteiger partial charge in [0.15, 0.2) is 0 Å². The molecule has 3 atom stereocenters. The molecule has 2 fully saturated rings. The van der Waals surface area contributed by atoms with Crippen LogP contribution in [0.2, 0.25) is 5.02 Å². The molecule has 2 heterocycles. The molecule has 0 spiro atoms. The Morgan fingerprint density at radius 1 is 1.28 bits per heavy atom. The number of carbonyl (C=O) groups excluding carboxylic acids is 2. The monoisotopic (exact) mass is 365 g/mol. The molecule has 1 aromatic rings. The van der Waals surface area contributed by atoms with Crippen LogP contribution in [-0.2, 0) is 4.79 Å². The van der Waals surface area contributed by atoms with Crippen molar-refractivity contribution < 1.29 is 14.3 Å². The first-order valence-corrected chi connectivity index (χ1v) is 9.04. The van der Waals surface area contributed by atoms with Gasteiger partial charge in [-0.25, -0.2) is 0 Å². The van der Waals surface area contributed by atoms with E-state index in [1.54, 1.807) is 12.1 Å². The molecule has 1 unspecified atom stereocenters. The van der Waals surface area contributed by atoms with Crippen molar-refractivity contribution in [3.8, 4) is 5.75 Å². The number of nitrogens with zero attached hydrogens (tertiary/aromatic N) is 1. The molecule has 0 aliphatic carbocycles. The molecule has 2 N–H and O–H groups in total. The molecule has 3 rings (SSSR count). The van der Waals surface area contributed by atoms with Gasteiger partial charge in [-0.2, -0.15) is 0 Å². The summed E-state index contributed by atoms with van der Waals surface area (Å²) in [6.07, 6.45) is 3.31. The molecule has 0 aromatic heterocycles. The summed E-state index contributed by atoms with van der Waals surface area (Å²) in [4.78, 5) is 26.5. The van der Waals surface area contributed by atoms with E-state index in [4.69, 9.17) is 16.3 Å². The molecule has 2 saturated heterocycles. The number of anilines is 1. The number of fused-ring (bicyclic) bond motifs is 2. The second-order valence-corrected chi connectivity index (χ2v) is 7.19. The van der Waals surface area contributed by atoms with Crippen LogP contribution in [0.4, 0.5) is 5.69 Å². The van der Waals surface area contributed by atoms with Gasteiger partial charge in [0.05, 0.1) is 23.4 Å². The molecule has 1 aromatic carbocycles. The predicted molar refractivity (Wildman–Crippen MR) is 97.3 cm³/mol. The van der Waals surface area contributed by atoms with Crippen LogP contribution in [0.1, 0.15) is 36.5 Å². The standard InChI is InChI=1S/C18H24ClN3O3/c1-11(23)20-16-9-17(25-2)13(8-14(16)19)18(24)21-15-5-7-22-6-3-4-12(15)10-22/h8-9,12,15H,3-7,10H2,1-2H3,(H,20,23)(H,21,24)/t12-,15+/m1/s1. The van der Waals surface area contributed by atoms with Gasteiger partial charge in [0.2, 0.25) is 5.91 Å². The number of nitrogens with one attached hydrogen (secondary N) is 2. The molecular formula is C18H24ClN3O3. The highest BCUT2D eigenvalue weighted by Gasteiger charge is 2.33. The fourth-order valence-electron chi connectivity index (χ4n) is 3.80. The van der Waals surface area contributed by atoms with E-state index in [0.717, 1.165) is 25.9 Å². The van der Waals surface area contributed by atoms with Gasteiger partial charge in [-0.3, -0.25) is 9.59 Å². The van der Waals surface area contributed by atoms with Crippen molar-refractivity contribution in [2.75, 3.05) is 32.1 Å². The van der Waals surface area contributed by atoms with Crippen molar-refractivity contribution in [2.24, 2.45) is 5.92 Å². The van der Waals surface area contributed by atoms with E-state index >= 15 is 0 Å².